The number of benzene rings is 3. The van der Waals surface area contributed by atoms with Gasteiger partial charge >= 0.3 is 0 Å². The molecule has 7 nitrogen and oxygen atoms in total. The largest absolute Gasteiger partial charge is 0.461 e. The van der Waals surface area contributed by atoms with Gasteiger partial charge in [-0.25, -0.2) is 4.98 Å². The van der Waals surface area contributed by atoms with Crippen molar-refractivity contribution in [1.29, 1.82) is 0 Å². The summed E-state index contributed by atoms with van der Waals surface area (Å²) in [7, 11) is 0. The molecule has 1 aromatic heterocycles. The van der Waals surface area contributed by atoms with Gasteiger partial charge in [0.05, 0.1) is 17.9 Å². The van der Waals surface area contributed by atoms with E-state index in [9.17, 15) is 0 Å². The van der Waals surface area contributed by atoms with E-state index < -0.39 is 5.79 Å². The van der Waals surface area contributed by atoms with E-state index in [1.54, 1.807) is 30.9 Å². The van der Waals surface area contributed by atoms with Gasteiger partial charge < -0.3 is 24.5 Å². The lowest BCUT2D eigenvalue weighted by atomic mass is 10.1. The topological polar surface area (TPSA) is 74.8 Å². The van der Waals surface area contributed by atoms with E-state index in [4.69, 9.17) is 54.7 Å². The van der Waals surface area contributed by atoms with Crippen LogP contribution in [0.25, 0.3) is 6.08 Å². The average molecular weight is 626 g/mol. The summed E-state index contributed by atoms with van der Waals surface area (Å²) < 4.78 is 20.3. The van der Waals surface area contributed by atoms with Crippen LogP contribution in [0.4, 0.5) is 0 Å². The first-order valence-corrected chi connectivity index (χ1v) is 14.6. The second-order valence-corrected chi connectivity index (χ2v) is 11.1. The van der Waals surface area contributed by atoms with Gasteiger partial charge in [0, 0.05) is 54.2 Å². The molecule has 1 atom stereocenters. The number of hydrogen-bond donors (Lipinski definition) is 1. The molecule has 0 amide bonds. The molecule has 1 saturated heterocycles. The van der Waals surface area contributed by atoms with E-state index in [0.29, 0.717) is 40.2 Å². The smallest absolute Gasteiger partial charge is 0.257 e. The van der Waals surface area contributed by atoms with Crippen molar-refractivity contribution in [2.45, 2.75) is 18.9 Å². The summed E-state index contributed by atoms with van der Waals surface area (Å²) in [6.45, 7) is 3.46. The summed E-state index contributed by atoms with van der Waals surface area (Å²) in [5.74, 6) is 0.0573. The van der Waals surface area contributed by atoms with Crippen LogP contribution in [-0.2, 0) is 28.4 Å². The number of aromatic nitrogens is 2. The standard InChI is InChI=1S/C32H31Cl3N4O3/c33-26-7-3-24(4-8-26)2-1-15-38(16-13-36)19-25-5-10-28(11-6-25)40-20-29-21-41-32(42-29,22-39-17-14-37-23-39)30-12-9-27(34)18-31(30)35/h1-12,14,17-18,20,23H,13,15-16,19,21-22,36H2/b2-1+,29-20-/t32-/m0/s1. The molecule has 2 N–H and O–H groups in total. The molecule has 0 radical (unpaired) electrons. The highest BCUT2D eigenvalue weighted by atomic mass is 35.5. The molecule has 218 valence electrons. The van der Waals surface area contributed by atoms with E-state index >= 15 is 0 Å². The molecule has 0 unspecified atom stereocenters. The fourth-order valence-electron chi connectivity index (χ4n) is 4.63. The van der Waals surface area contributed by atoms with Crippen molar-refractivity contribution in [1.82, 2.24) is 14.5 Å². The maximum Gasteiger partial charge on any atom is 0.257 e. The fourth-order valence-corrected chi connectivity index (χ4v) is 5.30. The highest BCUT2D eigenvalue weighted by molar-refractivity contribution is 6.35. The molecule has 10 heteroatoms. The number of nitrogens with zero attached hydrogens (tertiary/aromatic N) is 3. The number of imidazole rings is 1. The van der Waals surface area contributed by atoms with Gasteiger partial charge in [-0.15, -0.1) is 0 Å². The van der Waals surface area contributed by atoms with Crippen molar-refractivity contribution in [2.75, 3.05) is 26.2 Å². The number of halogens is 3. The third-order valence-electron chi connectivity index (χ3n) is 6.68. The summed E-state index contributed by atoms with van der Waals surface area (Å²) >= 11 is 18.7. The van der Waals surface area contributed by atoms with Crippen LogP contribution in [0.5, 0.6) is 5.75 Å². The summed E-state index contributed by atoms with van der Waals surface area (Å²) in [4.78, 5) is 6.41. The van der Waals surface area contributed by atoms with Gasteiger partial charge in [0.25, 0.3) is 5.79 Å². The Balaban J connectivity index is 1.21. The molecular weight excluding hydrogens is 595 g/mol. The molecule has 0 bridgehead atoms. The van der Waals surface area contributed by atoms with Crippen molar-refractivity contribution >= 4 is 40.9 Å². The Bertz CT molecular complexity index is 1510. The molecule has 0 saturated carbocycles. The van der Waals surface area contributed by atoms with Crippen molar-refractivity contribution < 1.29 is 14.2 Å². The molecule has 1 aliphatic heterocycles. The fraction of sp³-hybridized carbons (Fsp3) is 0.219. The van der Waals surface area contributed by atoms with Crippen LogP contribution in [0, 0.1) is 0 Å². The van der Waals surface area contributed by atoms with Crippen LogP contribution in [0.15, 0.2) is 104 Å². The Kier molecular flexibility index (Phi) is 10.2. The third kappa shape index (κ3) is 7.95. The zero-order valence-electron chi connectivity index (χ0n) is 22.8. The Morgan fingerprint density at radius 1 is 1.02 bits per heavy atom. The number of ether oxygens (including phenoxy) is 3. The molecule has 1 fully saturated rings. The Morgan fingerprint density at radius 3 is 2.52 bits per heavy atom. The highest BCUT2D eigenvalue weighted by Crippen LogP contribution is 2.41. The van der Waals surface area contributed by atoms with Crippen LogP contribution in [0.3, 0.4) is 0 Å². The normalized spacial score (nSPS) is 17.8. The SMILES string of the molecule is NCCN(C/C=C/c1ccc(Cl)cc1)Cc1ccc(O/C=C2/CO[C@](Cn3ccnc3)(c3ccc(Cl)cc3Cl)O2)cc1. The second kappa shape index (κ2) is 14.2. The summed E-state index contributed by atoms with van der Waals surface area (Å²) in [6.07, 6.45) is 11.0. The van der Waals surface area contributed by atoms with Crippen LogP contribution in [-0.4, -0.2) is 40.7 Å². The monoisotopic (exact) mass is 624 g/mol. The van der Waals surface area contributed by atoms with Crippen molar-refractivity contribution in [3.05, 3.63) is 135 Å². The van der Waals surface area contributed by atoms with Gasteiger partial charge in [-0.1, -0.05) is 71.2 Å². The van der Waals surface area contributed by atoms with E-state index in [2.05, 4.69) is 22.0 Å². The van der Waals surface area contributed by atoms with Crippen molar-refractivity contribution in [3.63, 3.8) is 0 Å². The first kappa shape index (κ1) is 30.2. The number of nitrogens with two attached hydrogens (primary N) is 1. The predicted molar refractivity (Wildman–Crippen MR) is 167 cm³/mol. The van der Waals surface area contributed by atoms with Crippen LogP contribution in [0.2, 0.25) is 15.1 Å². The number of hydrogen-bond acceptors (Lipinski definition) is 6. The van der Waals surface area contributed by atoms with Gasteiger partial charge in [-0.3, -0.25) is 4.90 Å². The summed E-state index contributed by atoms with van der Waals surface area (Å²) in [5.41, 5.74) is 8.79. The highest BCUT2D eigenvalue weighted by Gasteiger charge is 2.44. The predicted octanol–water partition coefficient (Wildman–Crippen LogP) is 7.14. The maximum atomic E-state index is 6.55. The van der Waals surface area contributed by atoms with Gasteiger partial charge in [-0.2, -0.15) is 0 Å². The molecule has 5 rings (SSSR count). The van der Waals surface area contributed by atoms with Crippen LogP contribution >= 0.6 is 34.8 Å². The van der Waals surface area contributed by atoms with Crippen LogP contribution in [0.1, 0.15) is 16.7 Å². The molecule has 2 heterocycles. The molecule has 1 aliphatic rings. The minimum atomic E-state index is -1.16. The third-order valence-corrected chi connectivity index (χ3v) is 7.48. The summed E-state index contributed by atoms with van der Waals surface area (Å²) in [5, 5.41) is 1.71. The average Bonchev–Trinajstić information content (AvgIpc) is 3.64. The van der Waals surface area contributed by atoms with Gasteiger partial charge in [0.15, 0.2) is 5.76 Å². The van der Waals surface area contributed by atoms with E-state index in [1.165, 1.54) is 0 Å². The molecule has 4 aromatic rings. The maximum absolute atomic E-state index is 6.55. The molecule has 0 aliphatic carbocycles. The molecule has 3 aromatic carbocycles. The lowest BCUT2D eigenvalue weighted by molar-refractivity contribution is -0.168. The zero-order chi connectivity index (χ0) is 29.4. The van der Waals surface area contributed by atoms with Gasteiger partial charge in [0.1, 0.15) is 18.6 Å². The second-order valence-electron chi connectivity index (χ2n) is 9.83. The van der Waals surface area contributed by atoms with Crippen LogP contribution < -0.4 is 10.5 Å². The zero-order valence-corrected chi connectivity index (χ0v) is 25.1. The van der Waals surface area contributed by atoms with Gasteiger partial charge in [0.2, 0.25) is 0 Å². The first-order valence-electron chi connectivity index (χ1n) is 13.5. The van der Waals surface area contributed by atoms with E-state index in [-0.39, 0.29) is 6.61 Å². The van der Waals surface area contributed by atoms with E-state index in [1.807, 2.05) is 65.4 Å². The summed E-state index contributed by atoms with van der Waals surface area (Å²) in [6, 6.07) is 21.0. The first-order chi connectivity index (χ1) is 20.4. The van der Waals surface area contributed by atoms with Crippen molar-refractivity contribution in [2.24, 2.45) is 5.73 Å². The molecule has 42 heavy (non-hydrogen) atoms. The minimum absolute atomic E-state index is 0.212. The van der Waals surface area contributed by atoms with E-state index in [0.717, 1.165) is 35.8 Å². The number of rotatable bonds is 12. The lowest BCUT2D eigenvalue weighted by Crippen LogP contribution is -2.32. The Hall–Kier alpha value is -3.30. The van der Waals surface area contributed by atoms with Crippen molar-refractivity contribution in [3.8, 4) is 5.75 Å². The molecular formula is C32H31Cl3N4O3. The minimum Gasteiger partial charge on any atom is -0.461 e. The Labute approximate surface area is 260 Å². The quantitative estimate of drug-likeness (QED) is 0.169. The Morgan fingerprint density at radius 2 is 1.81 bits per heavy atom. The molecule has 0 spiro atoms. The lowest BCUT2D eigenvalue weighted by Gasteiger charge is -2.29. The van der Waals surface area contributed by atoms with Gasteiger partial charge in [-0.05, 0) is 53.6 Å².